The van der Waals surface area contributed by atoms with Crippen LogP contribution in [0.25, 0.3) is 22.2 Å². The van der Waals surface area contributed by atoms with Crippen molar-refractivity contribution in [3.05, 3.63) is 34.7 Å². The van der Waals surface area contributed by atoms with E-state index in [1.807, 2.05) is 0 Å². The number of rotatable bonds is 3. The molecule has 3 saturated heterocycles. The Balaban J connectivity index is 1.35. The lowest BCUT2D eigenvalue weighted by Gasteiger charge is -2.34. The molecule has 7 heterocycles. The monoisotopic (exact) mass is 597 g/mol. The number of aromatic hydroxyl groups is 1. The number of aromatic nitrogens is 3. The Bertz CT molecular complexity index is 1490. The van der Waals surface area contributed by atoms with E-state index in [2.05, 4.69) is 19.8 Å². The number of benzene rings is 1. The van der Waals surface area contributed by atoms with E-state index in [4.69, 9.17) is 21.3 Å². The Labute approximate surface area is 250 Å². The molecule has 7 nitrogen and oxygen atoms in total. The van der Waals surface area contributed by atoms with Crippen LogP contribution in [0.2, 0.25) is 5.02 Å². The number of hydrogen-bond acceptors (Lipinski definition) is 7. The molecule has 0 amide bonds. The van der Waals surface area contributed by atoms with Gasteiger partial charge in [-0.15, -0.1) is 0 Å². The molecule has 3 atom stereocenters. The minimum atomic E-state index is -0.867. The molecule has 8 rings (SSSR count). The molecule has 6 bridgehead atoms. The summed E-state index contributed by atoms with van der Waals surface area (Å²) in [6, 6.07) is 3.15. The average molecular weight is 598 g/mol. The van der Waals surface area contributed by atoms with Crippen LogP contribution in [-0.2, 0) is 6.42 Å². The Morgan fingerprint density at radius 2 is 1.90 bits per heavy atom. The van der Waals surface area contributed by atoms with Crippen molar-refractivity contribution in [2.45, 2.75) is 82.3 Å². The Morgan fingerprint density at radius 3 is 2.81 bits per heavy atom. The topological polar surface area (TPSA) is 74.6 Å². The lowest BCUT2D eigenvalue weighted by atomic mass is 9.91. The number of pyridine rings is 1. The standard InChI is InChI=1S/C32H38ClF2N5O2/c33-26-14-22(41)13-24-23(26)9-4-2-1-3-7-20-8-5-11-39(17-20)30-25-16-36-28(24)27(35)29(25)37-31(38-30)42-19-32-10-6-12-40(32)18-21(34)15-32/h13-14,16,20-21,41H,1-12,15,17-19H2. The second-order valence-corrected chi connectivity index (χ2v) is 13.1. The summed E-state index contributed by atoms with van der Waals surface area (Å²) in [5.41, 5.74) is 1.13. The van der Waals surface area contributed by atoms with E-state index < -0.39 is 12.0 Å². The number of piperidine rings is 1. The van der Waals surface area contributed by atoms with Crippen molar-refractivity contribution in [3.8, 4) is 23.0 Å². The third kappa shape index (κ3) is 5.17. The lowest BCUT2D eigenvalue weighted by molar-refractivity contribution is 0.107. The van der Waals surface area contributed by atoms with Gasteiger partial charge in [0.05, 0.1) is 10.9 Å². The van der Waals surface area contributed by atoms with Crippen LogP contribution in [0, 0.1) is 11.7 Å². The Morgan fingerprint density at radius 1 is 1.05 bits per heavy atom. The summed E-state index contributed by atoms with van der Waals surface area (Å²) in [6.45, 7) is 3.23. The lowest BCUT2D eigenvalue weighted by Crippen LogP contribution is -2.43. The zero-order chi connectivity index (χ0) is 28.8. The van der Waals surface area contributed by atoms with Crippen LogP contribution in [0.1, 0.15) is 69.8 Å². The first kappa shape index (κ1) is 28.0. The second kappa shape index (κ2) is 11.4. The van der Waals surface area contributed by atoms with E-state index >= 15 is 4.39 Å². The molecule has 0 saturated carbocycles. The first-order valence-electron chi connectivity index (χ1n) is 15.5. The molecule has 3 fully saturated rings. The van der Waals surface area contributed by atoms with Crippen LogP contribution in [0.4, 0.5) is 14.6 Å². The molecule has 3 aromatic rings. The Hall–Kier alpha value is -2.78. The van der Waals surface area contributed by atoms with E-state index in [1.54, 1.807) is 6.20 Å². The largest absolute Gasteiger partial charge is 0.508 e. The number of anilines is 1. The van der Waals surface area contributed by atoms with Crippen molar-refractivity contribution in [1.82, 2.24) is 19.9 Å². The van der Waals surface area contributed by atoms with Crippen LogP contribution in [0.5, 0.6) is 11.8 Å². The van der Waals surface area contributed by atoms with Gasteiger partial charge in [-0.2, -0.15) is 9.97 Å². The first-order valence-corrected chi connectivity index (χ1v) is 15.9. The third-order valence-electron chi connectivity index (χ3n) is 9.92. The minimum absolute atomic E-state index is 0.0377. The summed E-state index contributed by atoms with van der Waals surface area (Å²) in [6.07, 6.45) is 11.4. The molecule has 0 radical (unpaired) electrons. The predicted octanol–water partition coefficient (Wildman–Crippen LogP) is 6.87. The van der Waals surface area contributed by atoms with Gasteiger partial charge in [0, 0.05) is 42.8 Å². The number of ether oxygens (including phenoxy) is 1. The fourth-order valence-electron chi connectivity index (χ4n) is 7.83. The highest BCUT2D eigenvalue weighted by molar-refractivity contribution is 6.32. The van der Waals surface area contributed by atoms with E-state index in [-0.39, 0.29) is 35.1 Å². The maximum absolute atomic E-state index is 16.6. The first-order chi connectivity index (χ1) is 20.4. The molecule has 1 N–H and O–H groups in total. The maximum atomic E-state index is 16.6. The zero-order valence-electron chi connectivity index (χ0n) is 23.9. The van der Waals surface area contributed by atoms with E-state index in [0.29, 0.717) is 47.1 Å². The molecular formula is C32H38ClF2N5O2. The summed E-state index contributed by atoms with van der Waals surface area (Å²) in [7, 11) is 0. The molecule has 5 aliphatic rings. The molecule has 5 aliphatic heterocycles. The summed E-state index contributed by atoms with van der Waals surface area (Å²) >= 11 is 6.61. The molecule has 224 valence electrons. The van der Waals surface area contributed by atoms with Crippen molar-refractivity contribution in [1.29, 1.82) is 0 Å². The summed E-state index contributed by atoms with van der Waals surface area (Å²) in [4.78, 5) is 18.5. The third-order valence-corrected chi connectivity index (χ3v) is 10.3. The second-order valence-electron chi connectivity index (χ2n) is 12.7. The smallest absolute Gasteiger partial charge is 0.319 e. The van der Waals surface area contributed by atoms with Gasteiger partial charge < -0.3 is 14.7 Å². The van der Waals surface area contributed by atoms with Crippen molar-refractivity contribution in [3.63, 3.8) is 0 Å². The molecule has 42 heavy (non-hydrogen) atoms. The van der Waals surface area contributed by atoms with Gasteiger partial charge >= 0.3 is 6.01 Å². The zero-order valence-corrected chi connectivity index (χ0v) is 24.7. The number of alkyl halides is 1. The summed E-state index contributed by atoms with van der Waals surface area (Å²) < 4.78 is 37.3. The average Bonchev–Trinajstić information content (AvgIpc) is 3.50. The SMILES string of the molecule is Oc1cc(Cl)c2c(c1)-c1ncc3c(nc(OCC45CCCN4CC(F)C5)nc3c1F)N1CCCC(CCCCCC2)C1. The fourth-order valence-corrected chi connectivity index (χ4v) is 8.14. The number of fused-ring (bicyclic) bond motifs is 7. The normalized spacial score (nSPS) is 26.6. The highest BCUT2D eigenvalue weighted by Gasteiger charge is 2.49. The molecule has 2 aromatic heterocycles. The highest BCUT2D eigenvalue weighted by atomic mass is 35.5. The van der Waals surface area contributed by atoms with Gasteiger partial charge in [-0.1, -0.05) is 30.9 Å². The van der Waals surface area contributed by atoms with Gasteiger partial charge in [-0.25, -0.2) is 8.78 Å². The van der Waals surface area contributed by atoms with E-state index in [0.717, 1.165) is 70.1 Å². The molecule has 1 aromatic carbocycles. The highest BCUT2D eigenvalue weighted by Crippen LogP contribution is 2.42. The van der Waals surface area contributed by atoms with Gasteiger partial charge in [0.25, 0.3) is 0 Å². The van der Waals surface area contributed by atoms with Gasteiger partial charge in [0.1, 0.15) is 35.6 Å². The van der Waals surface area contributed by atoms with Crippen molar-refractivity contribution < 1.29 is 18.6 Å². The van der Waals surface area contributed by atoms with Crippen LogP contribution in [0.3, 0.4) is 0 Å². The van der Waals surface area contributed by atoms with Crippen molar-refractivity contribution >= 4 is 28.3 Å². The van der Waals surface area contributed by atoms with Crippen LogP contribution in [-0.4, -0.2) is 69.5 Å². The number of phenolic OH excluding ortho intramolecular Hbond substituents is 1. The Kier molecular flexibility index (Phi) is 7.59. The van der Waals surface area contributed by atoms with Gasteiger partial charge in [0.15, 0.2) is 5.82 Å². The quantitative estimate of drug-likeness (QED) is 0.353. The number of phenols is 1. The van der Waals surface area contributed by atoms with Crippen molar-refractivity contribution in [2.75, 3.05) is 37.7 Å². The number of hydrogen-bond donors (Lipinski definition) is 1. The summed E-state index contributed by atoms with van der Waals surface area (Å²) in [5.74, 6) is 0.552. The maximum Gasteiger partial charge on any atom is 0.319 e. The predicted molar refractivity (Wildman–Crippen MR) is 160 cm³/mol. The molecular weight excluding hydrogens is 560 g/mol. The van der Waals surface area contributed by atoms with E-state index in [9.17, 15) is 9.50 Å². The molecule has 10 heteroatoms. The fraction of sp³-hybridized carbons (Fsp3) is 0.594. The van der Waals surface area contributed by atoms with Crippen LogP contribution < -0.4 is 9.64 Å². The molecule has 0 spiro atoms. The van der Waals surface area contributed by atoms with Crippen LogP contribution >= 0.6 is 11.6 Å². The molecule has 0 aliphatic carbocycles. The van der Waals surface area contributed by atoms with Crippen molar-refractivity contribution in [2.24, 2.45) is 5.92 Å². The molecule has 3 unspecified atom stereocenters. The van der Waals surface area contributed by atoms with Gasteiger partial charge in [-0.05, 0) is 75.1 Å². The number of nitrogens with zero attached hydrogens (tertiary/aromatic N) is 5. The summed E-state index contributed by atoms with van der Waals surface area (Å²) in [5, 5.41) is 11.3. The van der Waals surface area contributed by atoms with Crippen LogP contribution in [0.15, 0.2) is 18.3 Å². The van der Waals surface area contributed by atoms with Gasteiger partial charge in [-0.3, -0.25) is 9.88 Å². The van der Waals surface area contributed by atoms with E-state index in [1.165, 1.54) is 25.0 Å². The van der Waals surface area contributed by atoms with Gasteiger partial charge in [0.2, 0.25) is 0 Å². The number of halogens is 3. The minimum Gasteiger partial charge on any atom is -0.508 e.